The number of carbonyl (C=O) groups is 1. The maximum Gasteiger partial charge on any atom is 0.340 e. The second-order valence-corrected chi connectivity index (χ2v) is 4.33. The minimum atomic E-state index is -0.365. The molecule has 1 unspecified atom stereocenters. The van der Waals surface area contributed by atoms with E-state index in [0.29, 0.717) is 17.3 Å². The standard InChI is InChI=1S/C14H22N2O2/c1-4-6-11(5-2)16-13-8-7-10(15)9-12(13)14(17)18-3/h7-9,11,16H,4-6,15H2,1-3H3. The highest BCUT2D eigenvalue weighted by Gasteiger charge is 2.14. The van der Waals surface area contributed by atoms with E-state index in [4.69, 9.17) is 10.5 Å². The fraction of sp³-hybridized carbons (Fsp3) is 0.500. The first-order valence-corrected chi connectivity index (χ1v) is 6.36. The molecule has 1 aromatic carbocycles. The van der Waals surface area contributed by atoms with E-state index in [9.17, 15) is 4.79 Å². The molecule has 0 aromatic heterocycles. The second kappa shape index (κ2) is 6.89. The summed E-state index contributed by atoms with van der Waals surface area (Å²) in [7, 11) is 1.37. The summed E-state index contributed by atoms with van der Waals surface area (Å²) in [5.74, 6) is -0.365. The molecule has 0 spiro atoms. The van der Waals surface area contributed by atoms with Gasteiger partial charge in [0.2, 0.25) is 0 Å². The van der Waals surface area contributed by atoms with Crippen LogP contribution in [-0.2, 0) is 4.74 Å². The molecule has 100 valence electrons. The van der Waals surface area contributed by atoms with Crippen LogP contribution in [0.2, 0.25) is 0 Å². The second-order valence-electron chi connectivity index (χ2n) is 4.33. The molecule has 0 radical (unpaired) electrons. The Labute approximate surface area is 109 Å². The van der Waals surface area contributed by atoms with Crippen molar-refractivity contribution in [3.05, 3.63) is 23.8 Å². The molecule has 0 heterocycles. The number of nitrogens with one attached hydrogen (secondary N) is 1. The number of ether oxygens (including phenoxy) is 1. The van der Waals surface area contributed by atoms with E-state index in [1.165, 1.54) is 7.11 Å². The molecule has 4 heteroatoms. The molecular formula is C14H22N2O2. The van der Waals surface area contributed by atoms with Crippen molar-refractivity contribution in [2.24, 2.45) is 0 Å². The lowest BCUT2D eigenvalue weighted by molar-refractivity contribution is 0.0602. The Balaban J connectivity index is 2.96. The summed E-state index contributed by atoms with van der Waals surface area (Å²) in [5.41, 5.74) is 7.55. The number of methoxy groups -OCH3 is 1. The number of nitrogens with two attached hydrogens (primary N) is 1. The lowest BCUT2D eigenvalue weighted by Gasteiger charge is -2.19. The van der Waals surface area contributed by atoms with Crippen LogP contribution in [0.25, 0.3) is 0 Å². The summed E-state index contributed by atoms with van der Waals surface area (Å²) < 4.78 is 4.77. The van der Waals surface area contributed by atoms with E-state index >= 15 is 0 Å². The first kappa shape index (κ1) is 14.4. The predicted octanol–water partition coefficient (Wildman–Crippen LogP) is 3.05. The van der Waals surface area contributed by atoms with E-state index in [1.54, 1.807) is 12.1 Å². The van der Waals surface area contributed by atoms with Gasteiger partial charge in [-0.05, 0) is 31.0 Å². The largest absolute Gasteiger partial charge is 0.465 e. The van der Waals surface area contributed by atoms with Gasteiger partial charge in [0.05, 0.1) is 12.7 Å². The maximum atomic E-state index is 11.7. The van der Waals surface area contributed by atoms with Crippen LogP contribution in [0.1, 0.15) is 43.5 Å². The maximum absolute atomic E-state index is 11.7. The molecule has 0 bridgehead atoms. The zero-order chi connectivity index (χ0) is 13.5. The molecule has 0 fully saturated rings. The molecule has 0 aliphatic rings. The van der Waals surface area contributed by atoms with Crippen molar-refractivity contribution in [2.75, 3.05) is 18.2 Å². The van der Waals surface area contributed by atoms with Gasteiger partial charge in [-0.1, -0.05) is 20.3 Å². The van der Waals surface area contributed by atoms with Crippen molar-refractivity contribution in [1.82, 2.24) is 0 Å². The molecule has 18 heavy (non-hydrogen) atoms. The minimum absolute atomic E-state index is 0.363. The van der Waals surface area contributed by atoms with E-state index < -0.39 is 0 Å². The van der Waals surface area contributed by atoms with E-state index in [-0.39, 0.29) is 5.97 Å². The van der Waals surface area contributed by atoms with E-state index in [1.807, 2.05) is 6.07 Å². The molecule has 4 nitrogen and oxygen atoms in total. The molecule has 0 saturated carbocycles. The zero-order valence-corrected chi connectivity index (χ0v) is 11.3. The highest BCUT2D eigenvalue weighted by Crippen LogP contribution is 2.22. The van der Waals surface area contributed by atoms with Crippen molar-refractivity contribution in [3.63, 3.8) is 0 Å². The topological polar surface area (TPSA) is 64.3 Å². The van der Waals surface area contributed by atoms with Crippen LogP contribution >= 0.6 is 0 Å². The van der Waals surface area contributed by atoms with Crippen LogP contribution < -0.4 is 11.1 Å². The van der Waals surface area contributed by atoms with Crippen molar-refractivity contribution in [3.8, 4) is 0 Å². The van der Waals surface area contributed by atoms with Crippen molar-refractivity contribution in [2.45, 2.75) is 39.2 Å². The van der Waals surface area contributed by atoms with Crippen LogP contribution in [0.5, 0.6) is 0 Å². The SMILES string of the molecule is CCCC(CC)Nc1ccc(N)cc1C(=O)OC. The summed E-state index contributed by atoms with van der Waals surface area (Å²) in [6.07, 6.45) is 3.19. The summed E-state index contributed by atoms with van der Waals surface area (Å²) in [4.78, 5) is 11.7. The first-order chi connectivity index (χ1) is 8.62. The zero-order valence-electron chi connectivity index (χ0n) is 11.3. The molecule has 3 N–H and O–H groups in total. The lowest BCUT2D eigenvalue weighted by atomic mass is 10.1. The average molecular weight is 250 g/mol. The fourth-order valence-corrected chi connectivity index (χ4v) is 1.91. The number of esters is 1. The van der Waals surface area contributed by atoms with Gasteiger partial charge in [-0.3, -0.25) is 0 Å². The number of hydrogen-bond acceptors (Lipinski definition) is 4. The van der Waals surface area contributed by atoms with Gasteiger partial charge in [0.15, 0.2) is 0 Å². The molecule has 1 aromatic rings. The van der Waals surface area contributed by atoms with Gasteiger partial charge in [-0.15, -0.1) is 0 Å². The van der Waals surface area contributed by atoms with Crippen LogP contribution in [-0.4, -0.2) is 19.1 Å². The molecular weight excluding hydrogens is 228 g/mol. The molecule has 0 amide bonds. The quantitative estimate of drug-likeness (QED) is 0.601. The normalized spacial score (nSPS) is 11.9. The van der Waals surface area contributed by atoms with Crippen molar-refractivity contribution >= 4 is 17.3 Å². The Bertz CT molecular complexity index is 405. The Hall–Kier alpha value is -1.71. The Morgan fingerprint density at radius 2 is 2.17 bits per heavy atom. The summed E-state index contributed by atoms with van der Waals surface area (Å²) in [6.45, 7) is 4.27. The third-order valence-corrected chi connectivity index (χ3v) is 2.94. The third-order valence-electron chi connectivity index (χ3n) is 2.94. The van der Waals surface area contributed by atoms with Gasteiger partial charge in [0.1, 0.15) is 0 Å². The fourth-order valence-electron chi connectivity index (χ4n) is 1.91. The molecule has 0 aliphatic carbocycles. The Morgan fingerprint density at radius 1 is 1.44 bits per heavy atom. The van der Waals surface area contributed by atoms with Gasteiger partial charge in [0.25, 0.3) is 0 Å². The number of anilines is 2. The van der Waals surface area contributed by atoms with Crippen LogP contribution in [0, 0.1) is 0 Å². The number of rotatable bonds is 6. The summed E-state index contributed by atoms with van der Waals surface area (Å²) in [6, 6.07) is 5.63. The molecule has 0 saturated heterocycles. The number of hydrogen-bond donors (Lipinski definition) is 2. The van der Waals surface area contributed by atoms with Gasteiger partial charge >= 0.3 is 5.97 Å². The van der Waals surface area contributed by atoms with Gasteiger partial charge in [0, 0.05) is 17.4 Å². The predicted molar refractivity (Wildman–Crippen MR) is 74.8 cm³/mol. The molecule has 0 aliphatic heterocycles. The molecule has 1 rings (SSSR count). The number of carbonyl (C=O) groups excluding carboxylic acids is 1. The van der Waals surface area contributed by atoms with Gasteiger partial charge in [-0.2, -0.15) is 0 Å². The van der Waals surface area contributed by atoms with Crippen molar-refractivity contribution < 1.29 is 9.53 Å². The smallest absolute Gasteiger partial charge is 0.340 e. The van der Waals surface area contributed by atoms with Crippen LogP contribution in [0.4, 0.5) is 11.4 Å². The van der Waals surface area contributed by atoms with Crippen LogP contribution in [0.15, 0.2) is 18.2 Å². The average Bonchev–Trinajstić information content (AvgIpc) is 2.39. The highest BCUT2D eigenvalue weighted by molar-refractivity contribution is 5.96. The van der Waals surface area contributed by atoms with Gasteiger partial charge < -0.3 is 15.8 Å². The van der Waals surface area contributed by atoms with Crippen LogP contribution in [0.3, 0.4) is 0 Å². The lowest BCUT2D eigenvalue weighted by Crippen LogP contribution is -2.20. The summed E-state index contributed by atoms with van der Waals surface area (Å²) in [5, 5.41) is 3.38. The molecule has 1 atom stereocenters. The van der Waals surface area contributed by atoms with E-state index in [2.05, 4.69) is 19.2 Å². The monoisotopic (exact) mass is 250 g/mol. The highest BCUT2D eigenvalue weighted by atomic mass is 16.5. The van der Waals surface area contributed by atoms with E-state index in [0.717, 1.165) is 24.9 Å². The van der Waals surface area contributed by atoms with Crippen molar-refractivity contribution in [1.29, 1.82) is 0 Å². The summed E-state index contributed by atoms with van der Waals surface area (Å²) >= 11 is 0. The Kier molecular flexibility index (Phi) is 5.49. The minimum Gasteiger partial charge on any atom is -0.465 e. The number of benzene rings is 1. The Morgan fingerprint density at radius 3 is 2.72 bits per heavy atom. The van der Waals surface area contributed by atoms with Gasteiger partial charge in [-0.25, -0.2) is 4.79 Å². The first-order valence-electron chi connectivity index (χ1n) is 6.36. The third kappa shape index (κ3) is 3.65. The number of nitrogen functional groups attached to an aromatic ring is 1.